The molecule has 0 saturated heterocycles. The van der Waals surface area contributed by atoms with Crippen molar-refractivity contribution in [2.45, 2.75) is 26.8 Å². The highest BCUT2D eigenvalue weighted by molar-refractivity contribution is 7.11. The third kappa shape index (κ3) is 2.80. The summed E-state index contributed by atoms with van der Waals surface area (Å²) in [6.45, 7) is 6.28. The fraction of sp³-hybridized carbons (Fsp3) is 0.267. The number of thiazole rings is 1. The van der Waals surface area contributed by atoms with E-state index in [2.05, 4.69) is 34.5 Å². The number of aryl methyl sites for hydroxylation is 2. The maximum Gasteiger partial charge on any atom is 0.0901 e. The van der Waals surface area contributed by atoms with Gasteiger partial charge in [-0.15, -0.1) is 16.4 Å². The van der Waals surface area contributed by atoms with Crippen LogP contribution in [-0.4, -0.2) is 20.0 Å². The zero-order valence-electron chi connectivity index (χ0n) is 12.2. The number of aromatic nitrogens is 4. The standard InChI is InChI=1S/C15H17N5S/c1-10(15-11(2)21-12(3)18-15)17-13-6-4-5-7-14(13)20-9-8-16-19-20/h4-10,17H,1-3H3. The van der Waals surface area contributed by atoms with Crippen LogP contribution in [0, 0.1) is 13.8 Å². The number of benzene rings is 1. The second-order valence-electron chi connectivity index (χ2n) is 4.91. The fourth-order valence-electron chi connectivity index (χ4n) is 2.38. The molecule has 0 saturated carbocycles. The van der Waals surface area contributed by atoms with Crippen molar-refractivity contribution in [2.24, 2.45) is 0 Å². The van der Waals surface area contributed by atoms with E-state index in [1.807, 2.05) is 37.4 Å². The summed E-state index contributed by atoms with van der Waals surface area (Å²) in [4.78, 5) is 5.88. The first-order chi connectivity index (χ1) is 10.1. The Balaban J connectivity index is 1.90. The predicted octanol–water partition coefficient (Wildman–Crippen LogP) is 3.51. The molecule has 0 radical (unpaired) electrons. The van der Waals surface area contributed by atoms with Gasteiger partial charge in [0.05, 0.1) is 40.5 Å². The molecule has 1 N–H and O–H groups in total. The van der Waals surface area contributed by atoms with Gasteiger partial charge < -0.3 is 5.32 Å². The van der Waals surface area contributed by atoms with Gasteiger partial charge >= 0.3 is 0 Å². The van der Waals surface area contributed by atoms with E-state index >= 15 is 0 Å². The van der Waals surface area contributed by atoms with Gasteiger partial charge in [-0.1, -0.05) is 17.3 Å². The van der Waals surface area contributed by atoms with Crippen LogP contribution in [0.15, 0.2) is 36.7 Å². The van der Waals surface area contributed by atoms with Gasteiger partial charge in [0.15, 0.2) is 0 Å². The quantitative estimate of drug-likeness (QED) is 0.801. The number of nitrogens with zero attached hydrogens (tertiary/aromatic N) is 4. The molecule has 6 heteroatoms. The molecular weight excluding hydrogens is 282 g/mol. The average Bonchev–Trinajstić information content (AvgIpc) is 3.09. The number of rotatable bonds is 4. The van der Waals surface area contributed by atoms with Crippen LogP contribution in [0.5, 0.6) is 0 Å². The third-order valence-corrected chi connectivity index (χ3v) is 4.20. The number of hydrogen-bond acceptors (Lipinski definition) is 5. The van der Waals surface area contributed by atoms with Crippen molar-refractivity contribution in [2.75, 3.05) is 5.32 Å². The summed E-state index contributed by atoms with van der Waals surface area (Å²) < 4.78 is 1.76. The van der Waals surface area contributed by atoms with Crippen molar-refractivity contribution in [3.05, 3.63) is 52.2 Å². The molecule has 0 aliphatic heterocycles. The minimum absolute atomic E-state index is 0.139. The van der Waals surface area contributed by atoms with Gasteiger partial charge in [-0.25, -0.2) is 9.67 Å². The van der Waals surface area contributed by atoms with Crippen molar-refractivity contribution >= 4 is 17.0 Å². The van der Waals surface area contributed by atoms with E-state index in [4.69, 9.17) is 0 Å². The molecule has 108 valence electrons. The van der Waals surface area contributed by atoms with Crippen molar-refractivity contribution < 1.29 is 0 Å². The lowest BCUT2D eigenvalue weighted by Crippen LogP contribution is -2.11. The van der Waals surface area contributed by atoms with Crippen molar-refractivity contribution in [3.8, 4) is 5.69 Å². The van der Waals surface area contributed by atoms with E-state index in [1.165, 1.54) is 4.88 Å². The Morgan fingerprint density at radius 1 is 1.24 bits per heavy atom. The molecule has 1 unspecified atom stereocenters. The van der Waals surface area contributed by atoms with E-state index in [9.17, 15) is 0 Å². The predicted molar refractivity (Wildman–Crippen MR) is 85.0 cm³/mol. The van der Waals surface area contributed by atoms with E-state index < -0.39 is 0 Å². The summed E-state index contributed by atoms with van der Waals surface area (Å²) in [7, 11) is 0. The van der Waals surface area contributed by atoms with Gasteiger partial charge in [0.2, 0.25) is 0 Å². The second kappa shape index (κ2) is 5.65. The first-order valence-corrected chi connectivity index (χ1v) is 7.63. The molecule has 0 aliphatic rings. The van der Waals surface area contributed by atoms with Gasteiger partial charge in [0.1, 0.15) is 0 Å². The molecule has 3 aromatic rings. The summed E-state index contributed by atoms with van der Waals surface area (Å²) >= 11 is 1.73. The Labute approximate surface area is 127 Å². The molecule has 0 fully saturated rings. The van der Waals surface area contributed by atoms with E-state index in [0.29, 0.717) is 0 Å². The lowest BCUT2D eigenvalue weighted by molar-refractivity contribution is 0.792. The van der Waals surface area contributed by atoms with Crippen LogP contribution in [0.3, 0.4) is 0 Å². The van der Waals surface area contributed by atoms with Crippen LogP contribution in [-0.2, 0) is 0 Å². The summed E-state index contributed by atoms with van der Waals surface area (Å²) in [5.41, 5.74) is 3.10. The van der Waals surface area contributed by atoms with Crippen molar-refractivity contribution in [1.29, 1.82) is 0 Å². The minimum Gasteiger partial charge on any atom is -0.375 e. The van der Waals surface area contributed by atoms with Crippen LogP contribution in [0.2, 0.25) is 0 Å². The number of anilines is 1. The maximum absolute atomic E-state index is 4.62. The molecule has 0 aliphatic carbocycles. The molecule has 0 amide bonds. The molecule has 0 bridgehead atoms. The Morgan fingerprint density at radius 2 is 2.05 bits per heavy atom. The third-order valence-electron chi connectivity index (χ3n) is 3.29. The number of hydrogen-bond donors (Lipinski definition) is 1. The molecule has 2 heterocycles. The lowest BCUT2D eigenvalue weighted by atomic mass is 10.2. The van der Waals surface area contributed by atoms with Gasteiger partial charge in [0.25, 0.3) is 0 Å². The Hall–Kier alpha value is -2.21. The molecule has 21 heavy (non-hydrogen) atoms. The number of nitrogens with one attached hydrogen (secondary N) is 1. The molecule has 5 nitrogen and oxygen atoms in total. The highest BCUT2D eigenvalue weighted by Crippen LogP contribution is 2.28. The van der Waals surface area contributed by atoms with Crippen LogP contribution in [0.1, 0.15) is 28.5 Å². The molecule has 3 rings (SSSR count). The zero-order valence-corrected chi connectivity index (χ0v) is 13.1. The topological polar surface area (TPSA) is 55.6 Å². The molecule has 2 aromatic heterocycles. The summed E-state index contributed by atoms with van der Waals surface area (Å²) in [5.74, 6) is 0. The summed E-state index contributed by atoms with van der Waals surface area (Å²) in [5, 5.41) is 12.6. The maximum atomic E-state index is 4.62. The lowest BCUT2D eigenvalue weighted by Gasteiger charge is -2.17. The van der Waals surface area contributed by atoms with Crippen molar-refractivity contribution in [1.82, 2.24) is 20.0 Å². The highest BCUT2D eigenvalue weighted by Gasteiger charge is 2.15. The van der Waals surface area contributed by atoms with Gasteiger partial charge in [-0.05, 0) is 32.9 Å². The smallest absolute Gasteiger partial charge is 0.0901 e. The summed E-state index contributed by atoms with van der Waals surface area (Å²) in [6.07, 6.45) is 3.51. The Kier molecular flexibility index (Phi) is 3.70. The highest BCUT2D eigenvalue weighted by atomic mass is 32.1. The molecule has 0 spiro atoms. The Morgan fingerprint density at radius 3 is 2.71 bits per heavy atom. The normalized spacial score (nSPS) is 12.3. The van der Waals surface area contributed by atoms with E-state index in [0.717, 1.165) is 22.1 Å². The second-order valence-corrected chi connectivity index (χ2v) is 6.31. The van der Waals surface area contributed by atoms with E-state index in [1.54, 1.807) is 22.2 Å². The minimum atomic E-state index is 0.139. The van der Waals surface area contributed by atoms with Crippen molar-refractivity contribution in [3.63, 3.8) is 0 Å². The average molecular weight is 299 g/mol. The largest absolute Gasteiger partial charge is 0.375 e. The van der Waals surface area contributed by atoms with Crippen LogP contribution in [0.25, 0.3) is 5.69 Å². The van der Waals surface area contributed by atoms with E-state index in [-0.39, 0.29) is 6.04 Å². The Bertz CT molecular complexity index is 732. The monoisotopic (exact) mass is 299 g/mol. The van der Waals surface area contributed by atoms with Crippen LogP contribution in [0.4, 0.5) is 5.69 Å². The molecule has 1 aromatic carbocycles. The first kappa shape index (κ1) is 13.8. The van der Waals surface area contributed by atoms with Crippen LogP contribution < -0.4 is 5.32 Å². The molecule has 1 atom stereocenters. The SMILES string of the molecule is Cc1nc(C(C)Nc2ccccc2-n2ccnn2)c(C)s1. The number of para-hydroxylation sites is 2. The fourth-order valence-corrected chi connectivity index (χ4v) is 3.29. The van der Waals surface area contributed by atoms with Gasteiger partial charge in [-0.3, -0.25) is 0 Å². The zero-order chi connectivity index (χ0) is 14.8. The molecular formula is C15H17N5S. The van der Waals surface area contributed by atoms with Crippen LogP contribution >= 0.6 is 11.3 Å². The van der Waals surface area contributed by atoms with Gasteiger partial charge in [-0.2, -0.15) is 0 Å². The van der Waals surface area contributed by atoms with Gasteiger partial charge in [0, 0.05) is 4.88 Å². The first-order valence-electron chi connectivity index (χ1n) is 6.81. The summed E-state index contributed by atoms with van der Waals surface area (Å²) in [6, 6.07) is 8.20.